The van der Waals surface area contributed by atoms with Crippen LogP contribution in [0.15, 0.2) is 53.4 Å². The molecule has 4 aromatic rings. The monoisotopic (exact) mass is 482 g/mol. The van der Waals surface area contributed by atoms with Crippen LogP contribution in [0.5, 0.6) is 11.5 Å². The van der Waals surface area contributed by atoms with Gasteiger partial charge in [0.05, 0.1) is 5.69 Å². The first kappa shape index (κ1) is 22.7. The number of nitrogens with one attached hydrogen (secondary N) is 1. The second kappa shape index (κ2) is 8.80. The van der Waals surface area contributed by atoms with Gasteiger partial charge in [0.25, 0.3) is 0 Å². The van der Waals surface area contributed by atoms with Crippen molar-refractivity contribution in [1.82, 2.24) is 15.2 Å². The lowest BCUT2D eigenvalue weighted by atomic mass is 10.1. The number of benzene rings is 2. The summed E-state index contributed by atoms with van der Waals surface area (Å²) in [6.07, 6.45) is 0. The van der Waals surface area contributed by atoms with E-state index in [0.29, 0.717) is 21.7 Å². The summed E-state index contributed by atoms with van der Waals surface area (Å²) in [5.74, 6) is 0.996. The SMILES string of the molecule is Cc1ccc(S(=O)(=O)Oc2ccc(-c3nnc(Nc4nc(C)c(O)c(C)c4C)s3)cc2)cc1. The first-order valence-corrected chi connectivity index (χ1v) is 12.3. The van der Waals surface area contributed by atoms with E-state index in [0.717, 1.165) is 22.3 Å². The standard InChI is InChI=1S/C23H22N4O4S2/c1-13-5-11-19(12-6-13)33(29,30)31-18-9-7-17(8-10-18)22-26-27-23(32-22)25-21-15(3)14(2)20(28)16(4)24-21/h5-12,28H,1-4H3,(H,24,25,27). The highest BCUT2D eigenvalue weighted by atomic mass is 32.2. The molecule has 0 radical (unpaired) electrons. The zero-order valence-electron chi connectivity index (χ0n) is 18.4. The number of aryl methyl sites for hydroxylation is 2. The molecule has 0 amide bonds. The maximum atomic E-state index is 12.5. The lowest BCUT2D eigenvalue weighted by Crippen LogP contribution is -2.09. The number of rotatable bonds is 6. The maximum absolute atomic E-state index is 12.5. The summed E-state index contributed by atoms with van der Waals surface area (Å²) in [6.45, 7) is 7.32. The van der Waals surface area contributed by atoms with E-state index in [-0.39, 0.29) is 16.4 Å². The van der Waals surface area contributed by atoms with E-state index in [1.807, 2.05) is 20.8 Å². The van der Waals surface area contributed by atoms with Crippen LogP contribution in [0.1, 0.15) is 22.4 Å². The fraction of sp³-hybridized carbons (Fsp3) is 0.174. The second-order valence-electron chi connectivity index (χ2n) is 7.56. The summed E-state index contributed by atoms with van der Waals surface area (Å²) in [4.78, 5) is 4.49. The molecule has 0 aliphatic rings. The normalized spacial score (nSPS) is 11.4. The number of nitrogens with zero attached hydrogens (tertiary/aromatic N) is 3. The molecule has 8 nitrogen and oxygen atoms in total. The van der Waals surface area contributed by atoms with Gasteiger partial charge in [-0.1, -0.05) is 29.0 Å². The minimum atomic E-state index is -3.91. The molecule has 2 aromatic heterocycles. The third kappa shape index (κ3) is 4.81. The fourth-order valence-electron chi connectivity index (χ4n) is 3.08. The molecule has 10 heteroatoms. The van der Waals surface area contributed by atoms with E-state index in [2.05, 4.69) is 20.5 Å². The smallest absolute Gasteiger partial charge is 0.339 e. The van der Waals surface area contributed by atoms with Crippen LogP contribution < -0.4 is 9.50 Å². The number of hydrogen-bond donors (Lipinski definition) is 2. The van der Waals surface area contributed by atoms with Crippen molar-refractivity contribution in [3.8, 4) is 22.1 Å². The minimum Gasteiger partial charge on any atom is -0.506 e. The van der Waals surface area contributed by atoms with Gasteiger partial charge in [0, 0.05) is 5.56 Å². The number of pyridine rings is 1. The first-order chi connectivity index (χ1) is 15.6. The predicted molar refractivity (Wildman–Crippen MR) is 128 cm³/mol. The van der Waals surface area contributed by atoms with Gasteiger partial charge < -0.3 is 14.6 Å². The highest BCUT2D eigenvalue weighted by molar-refractivity contribution is 7.87. The van der Waals surface area contributed by atoms with Gasteiger partial charge in [-0.05, 0) is 75.2 Å². The van der Waals surface area contributed by atoms with Crippen molar-refractivity contribution < 1.29 is 17.7 Å². The van der Waals surface area contributed by atoms with Gasteiger partial charge in [0.15, 0.2) is 0 Å². The second-order valence-corrected chi connectivity index (χ2v) is 10.1. The van der Waals surface area contributed by atoms with E-state index in [1.165, 1.54) is 23.5 Å². The molecule has 33 heavy (non-hydrogen) atoms. The molecule has 0 atom stereocenters. The molecule has 0 aliphatic carbocycles. The Balaban J connectivity index is 1.50. The Morgan fingerprint density at radius 1 is 0.909 bits per heavy atom. The van der Waals surface area contributed by atoms with Crippen molar-refractivity contribution in [3.05, 3.63) is 70.9 Å². The number of hydrogen-bond acceptors (Lipinski definition) is 9. The first-order valence-electron chi connectivity index (χ1n) is 10.0. The molecule has 0 saturated heterocycles. The third-order valence-electron chi connectivity index (χ3n) is 5.16. The Labute approximate surface area is 196 Å². The average Bonchev–Trinajstić information content (AvgIpc) is 3.25. The van der Waals surface area contributed by atoms with Crippen LogP contribution in [0.2, 0.25) is 0 Å². The van der Waals surface area contributed by atoms with Gasteiger partial charge in [0.2, 0.25) is 5.13 Å². The quantitative estimate of drug-likeness (QED) is 0.367. The van der Waals surface area contributed by atoms with Crippen LogP contribution in [-0.4, -0.2) is 28.7 Å². The Kier molecular flexibility index (Phi) is 6.05. The Morgan fingerprint density at radius 2 is 1.58 bits per heavy atom. The number of aromatic hydroxyl groups is 1. The van der Waals surface area contributed by atoms with E-state index in [4.69, 9.17) is 4.18 Å². The largest absolute Gasteiger partial charge is 0.506 e. The summed E-state index contributed by atoms with van der Waals surface area (Å²) in [6, 6.07) is 13.1. The molecule has 0 aliphatic heterocycles. The Bertz CT molecular complexity index is 1410. The van der Waals surface area contributed by atoms with Crippen molar-refractivity contribution in [2.45, 2.75) is 32.6 Å². The molecule has 2 N–H and O–H groups in total. The Morgan fingerprint density at radius 3 is 2.24 bits per heavy atom. The van der Waals surface area contributed by atoms with E-state index in [9.17, 15) is 13.5 Å². The summed E-state index contributed by atoms with van der Waals surface area (Å²) in [5, 5.41) is 22.8. The lowest BCUT2D eigenvalue weighted by Gasteiger charge is -2.11. The molecule has 0 unspecified atom stereocenters. The third-order valence-corrected chi connectivity index (χ3v) is 7.31. The molecular weight excluding hydrogens is 460 g/mol. The zero-order valence-corrected chi connectivity index (χ0v) is 20.1. The van der Waals surface area contributed by atoms with Gasteiger partial charge in [0.1, 0.15) is 27.2 Å². The molecule has 170 valence electrons. The number of aromatic nitrogens is 3. The van der Waals surface area contributed by atoms with Crippen LogP contribution in [0.3, 0.4) is 0 Å². The molecular formula is C23H22N4O4S2. The van der Waals surface area contributed by atoms with Crippen molar-refractivity contribution in [3.63, 3.8) is 0 Å². The average molecular weight is 483 g/mol. The van der Waals surface area contributed by atoms with Crippen LogP contribution in [0.4, 0.5) is 10.9 Å². The minimum absolute atomic E-state index is 0.0978. The lowest BCUT2D eigenvalue weighted by molar-refractivity contribution is 0.463. The number of anilines is 2. The van der Waals surface area contributed by atoms with Gasteiger partial charge in [-0.15, -0.1) is 10.2 Å². The molecule has 0 spiro atoms. The summed E-state index contributed by atoms with van der Waals surface area (Å²) < 4.78 is 30.2. The topological polar surface area (TPSA) is 114 Å². The summed E-state index contributed by atoms with van der Waals surface area (Å²) >= 11 is 1.33. The van der Waals surface area contributed by atoms with Crippen molar-refractivity contribution in [1.29, 1.82) is 0 Å². The molecule has 0 saturated carbocycles. The van der Waals surface area contributed by atoms with Gasteiger partial charge >= 0.3 is 10.1 Å². The zero-order chi connectivity index (χ0) is 23.8. The Hall–Kier alpha value is -3.50. The van der Waals surface area contributed by atoms with E-state index >= 15 is 0 Å². The summed E-state index contributed by atoms with van der Waals surface area (Å²) in [7, 11) is -3.91. The fourth-order valence-corrected chi connectivity index (χ4v) is 4.76. The van der Waals surface area contributed by atoms with Crippen LogP contribution >= 0.6 is 11.3 Å². The van der Waals surface area contributed by atoms with Gasteiger partial charge in [-0.2, -0.15) is 8.42 Å². The van der Waals surface area contributed by atoms with Gasteiger partial charge in [-0.3, -0.25) is 0 Å². The molecule has 2 aromatic carbocycles. The maximum Gasteiger partial charge on any atom is 0.339 e. The van der Waals surface area contributed by atoms with Crippen LogP contribution in [0.25, 0.3) is 10.6 Å². The predicted octanol–water partition coefficient (Wildman–Crippen LogP) is 5.05. The molecule has 2 heterocycles. The highest BCUT2D eigenvalue weighted by Crippen LogP contribution is 2.33. The van der Waals surface area contributed by atoms with E-state index in [1.54, 1.807) is 43.3 Å². The summed E-state index contributed by atoms with van der Waals surface area (Å²) in [5.41, 5.74) is 3.84. The van der Waals surface area contributed by atoms with Crippen molar-refractivity contribution in [2.75, 3.05) is 5.32 Å². The van der Waals surface area contributed by atoms with Crippen LogP contribution in [0, 0.1) is 27.7 Å². The van der Waals surface area contributed by atoms with Gasteiger partial charge in [-0.25, -0.2) is 4.98 Å². The van der Waals surface area contributed by atoms with Crippen molar-refractivity contribution >= 4 is 32.4 Å². The van der Waals surface area contributed by atoms with E-state index < -0.39 is 10.1 Å². The highest BCUT2D eigenvalue weighted by Gasteiger charge is 2.17. The molecule has 0 bridgehead atoms. The molecule has 0 fully saturated rings. The molecule has 4 rings (SSSR count). The van der Waals surface area contributed by atoms with Crippen LogP contribution in [-0.2, 0) is 10.1 Å². The van der Waals surface area contributed by atoms with Crippen molar-refractivity contribution in [2.24, 2.45) is 0 Å².